The van der Waals surface area contributed by atoms with Crippen molar-refractivity contribution in [1.82, 2.24) is 0 Å². The molecule has 0 N–H and O–H groups in total. The Morgan fingerprint density at radius 3 is 1.69 bits per heavy atom. The summed E-state index contributed by atoms with van der Waals surface area (Å²) in [5.74, 6) is -0.498. The molecule has 0 aliphatic carbocycles. The lowest BCUT2D eigenvalue weighted by molar-refractivity contribution is -0.337. The minimum absolute atomic E-state index is 0.0665. The number of hydrogen-bond acceptors (Lipinski definition) is 7. The maximum atomic E-state index is 13.2. The van der Waals surface area contributed by atoms with Crippen LogP contribution in [0.5, 0.6) is 0 Å². The maximum Gasteiger partial charge on any atom is 0.303 e. The SMILES string of the molecule is C=C[C@@]1(OC(C)=O)[C@H](OCc2ccccc2)[C@@H](OCc2ccccc2)[C@H](OCC[Si](C)(C)C)O[C@@H]1CO[Si](c1ccccc1)(c1ccccc1)C(C)(C)C. The Hall–Kier alpha value is -3.68. The van der Waals surface area contributed by atoms with Gasteiger partial charge in [0, 0.05) is 21.6 Å². The van der Waals surface area contributed by atoms with Gasteiger partial charge in [0.15, 0.2) is 11.9 Å². The highest BCUT2D eigenvalue weighted by Gasteiger charge is 2.61. The van der Waals surface area contributed by atoms with Gasteiger partial charge >= 0.3 is 5.97 Å². The van der Waals surface area contributed by atoms with Gasteiger partial charge in [0.25, 0.3) is 8.32 Å². The summed E-state index contributed by atoms with van der Waals surface area (Å²) in [5.41, 5.74) is 0.434. The highest BCUT2D eigenvalue weighted by Crippen LogP contribution is 2.42. The molecule has 0 radical (unpaired) electrons. The van der Waals surface area contributed by atoms with E-state index in [2.05, 4.69) is 95.5 Å². The number of rotatable bonds is 17. The van der Waals surface area contributed by atoms with E-state index in [0.29, 0.717) is 6.61 Å². The normalized spacial score (nSPS) is 22.1. The molecule has 0 amide bonds. The van der Waals surface area contributed by atoms with Crippen molar-refractivity contribution in [3.63, 3.8) is 0 Å². The summed E-state index contributed by atoms with van der Waals surface area (Å²) in [6, 6.07) is 41.7. The fraction of sp³-hybridized carbons (Fsp3) is 0.400. The lowest BCUT2D eigenvalue weighted by atomic mass is 9.83. The Morgan fingerprint density at radius 2 is 1.24 bits per heavy atom. The molecule has 1 fully saturated rings. The van der Waals surface area contributed by atoms with E-state index in [1.54, 1.807) is 6.08 Å². The van der Waals surface area contributed by atoms with Gasteiger partial charge in [0.1, 0.15) is 18.3 Å². The van der Waals surface area contributed by atoms with Crippen LogP contribution >= 0.6 is 0 Å². The first-order valence-electron chi connectivity index (χ1n) is 19.0. The number of carbonyl (C=O) groups excluding carboxylic acids is 1. The highest BCUT2D eigenvalue weighted by atomic mass is 28.4. The highest BCUT2D eigenvalue weighted by molar-refractivity contribution is 6.99. The summed E-state index contributed by atoms with van der Waals surface area (Å²) in [5, 5.41) is 1.95. The fourth-order valence-corrected chi connectivity index (χ4v) is 12.5. The summed E-state index contributed by atoms with van der Waals surface area (Å²) in [7, 11) is -4.53. The molecule has 0 bridgehead atoms. The second kappa shape index (κ2) is 18.3. The molecule has 1 aliphatic heterocycles. The zero-order valence-electron chi connectivity index (χ0n) is 33.0. The number of esters is 1. The molecule has 1 heterocycles. The molecule has 0 aromatic heterocycles. The first kappa shape index (κ1) is 41.5. The molecule has 0 spiro atoms. The molecular weight excluding hydrogens is 709 g/mol. The number of carbonyl (C=O) groups is 1. The fourth-order valence-electron chi connectivity index (χ4n) is 7.26. The van der Waals surface area contributed by atoms with Crippen molar-refractivity contribution in [3.8, 4) is 0 Å². The van der Waals surface area contributed by atoms with E-state index in [9.17, 15) is 4.79 Å². The third kappa shape index (κ3) is 9.94. The standard InChI is InChI=1S/C45H58O7Si2/c1-9-45(52-35(2)46)40(34-50-54(44(3,4)5,38-26-18-12-19-27-38)39-28-20-13-21-29-39)51-43(47-30-31-53(6,7)8)41(48-32-36-22-14-10-15-23-36)42(45)49-33-37-24-16-11-17-25-37/h9-29,40-43H,1,30-34H2,2-8H3/t40-,41-,42-,43-,45+/m1/s1. The first-order valence-corrected chi connectivity index (χ1v) is 24.6. The molecule has 4 aromatic carbocycles. The lowest BCUT2D eigenvalue weighted by Crippen LogP contribution is -2.71. The molecule has 5 rings (SSSR count). The molecule has 0 unspecified atom stereocenters. The molecule has 7 nitrogen and oxygen atoms in total. The van der Waals surface area contributed by atoms with Crippen molar-refractivity contribution >= 4 is 32.7 Å². The Morgan fingerprint density at radius 1 is 0.759 bits per heavy atom. The molecule has 5 atom stereocenters. The smallest absolute Gasteiger partial charge is 0.303 e. The van der Waals surface area contributed by atoms with E-state index in [0.717, 1.165) is 27.5 Å². The predicted octanol–water partition coefficient (Wildman–Crippen LogP) is 8.30. The van der Waals surface area contributed by atoms with Crippen molar-refractivity contribution in [1.29, 1.82) is 0 Å². The summed E-state index contributed by atoms with van der Waals surface area (Å²) in [6.45, 7) is 20.4. The Balaban J connectivity index is 1.63. The van der Waals surface area contributed by atoms with Gasteiger partial charge in [0.05, 0.1) is 19.8 Å². The van der Waals surface area contributed by atoms with Crippen LogP contribution in [0.25, 0.3) is 0 Å². The summed E-state index contributed by atoms with van der Waals surface area (Å²) < 4.78 is 41.2. The molecule has 1 aliphatic rings. The third-order valence-electron chi connectivity index (χ3n) is 10.0. The average Bonchev–Trinajstić information content (AvgIpc) is 3.15. The van der Waals surface area contributed by atoms with Crippen LogP contribution in [0.3, 0.4) is 0 Å². The van der Waals surface area contributed by atoms with Crippen LogP contribution < -0.4 is 10.4 Å². The monoisotopic (exact) mass is 766 g/mol. The van der Waals surface area contributed by atoms with E-state index in [4.69, 9.17) is 28.1 Å². The van der Waals surface area contributed by atoms with Gasteiger partial charge in [-0.3, -0.25) is 4.79 Å². The largest absolute Gasteiger partial charge is 0.449 e. The quantitative estimate of drug-likeness (QED) is 0.0609. The molecule has 1 saturated heterocycles. The van der Waals surface area contributed by atoms with Gasteiger partial charge in [-0.25, -0.2) is 0 Å². The van der Waals surface area contributed by atoms with Crippen molar-refractivity contribution in [3.05, 3.63) is 145 Å². The Bertz CT molecular complexity index is 1700. The summed E-state index contributed by atoms with van der Waals surface area (Å²) in [6.07, 6.45) is -1.75. The molecule has 9 heteroatoms. The van der Waals surface area contributed by atoms with Gasteiger partial charge in [-0.05, 0) is 38.7 Å². The van der Waals surface area contributed by atoms with Crippen LogP contribution in [0, 0.1) is 0 Å². The van der Waals surface area contributed by atoms with E-state index >= 15 is 0 Å². The van der Waals surface area contributed by atoms with Gasteiger partial charge in [-0.1, -0.05) is 168 Å². The van der Waals surface area contributed by atoms with Crippen molar-refractivity contribution in [2.24, 2.45) is 0 Å². The van der Waals surface area contributed by atoms with Crippen LogP contribution in [0.15, 0.2) is 134 Å². The minimum Gasteiger partial charge on any atom is -0.449 e. The maximum absolute atomic E-state index is 13.2. The second-order valence-corrected chi connectivity index (χ2v) is 26.2. The number of hydrogen-bond donors (Lipinski definition) is 0. The Kier molecular flexibility index (Phi) is 14.1. The molecule has 4 aromatic rings. The van der Waals surface area contributed by atoms with E-state index < -0.39 is 52.6 Å². The number of ether oxygens (including phenoxy) is 5. The zero-order chi connectivity index (χ0) is 38.8. The topological polar surface area (TPSA) is 72.5 Å². The van der Waals surface area contributed by atoms with Gasteiger partial charge in [0.2, 0.25) is 0 Å². The average molecular weight is 767 g/mol. The van der Waals surface area contributed by atoms with E-state index in [1.807, 2.05) is 72.8 Å². The van der Waals surface area contributed by atoms with Crippen molar-refractivity contribution in [2.45, 2.75) is 102 Å². The van der Waals surface area contributed by atoms with Gasteiger partial charge in [-0.2, -0.15) is 0 Å². The summed E-state index contributed by atoms with van der Waals surface area (Å²) in [4.78, 5) is 13.2. The minimum atomic E-state index is -3.05. The van der Waals surface area contributed by atoms with Crippen LogP contribution in [-0.2, 0) is 46.1 Å². The van der Waals surface area contributed by atoms with Gasteiger partial charge < -0.3 is 28.1 Å². The number of benzene rings is 4. The van der Waals surface area contributed by atoms with E-state index in [1.165, 1.54) is 6.92 Å². The van der Waals surface area contributed by atoms with Crippen LogP contribution in [0.1, 0.15) is 38.8 Å². The second-order valence-electron chi connectivity index (χ2n) is 16.3. The van der Waals surface area contributed by atoms with Crippen LogP contribution in [0.2, 0.25) is 30.7 Å². The zero-order valence-corrected chi connectivity index (χ0v) is 35.0. The Labute approximate surface area is 324 Å². The van der Waals surface area contributed by atoms with Crippen LogP contribution in [-0.4, -0.2) is 65.8 Å². The molecule has 0 saturated carbocycles. The molecular formula is C45H58O7Si2. The van der Waals surface area contributed by atoms with Crippen molar-refractivity contribution < 1.29 is 32.9 Å². The molecule has 54 heavy (non-hydrogen) atoms. The first-order chi connectivity index (χ1) is 25.8. The van der Waals surface area contributed by atoms with Gasteiger partial charge in [-0.15, -0.1) is 0 Å². The lowest BCUT2D eigenvalue weighted by Gasteiger charge is -2.52. The molecule has 288 valence electrons. The summed E-state index contributed by atoms with van der Waals surface area (Å²) >= 11 is 0. The predicted molar refractivity (Wildman–Crippen MR) is 221 cm³/mol. The van der Waals surface area contributed by atoms with E-state index in [-0.39, 0.29) is 24.9 Å². The van der Waals surface area contributed by atoms with Crippen LogP contribution in [0.4, 0.5) is 0 Å². The van der Waals surface area contributed by atoms with Crippen molar-refractivity contribution in [2.75, 3.05) is 13.2 Å². The third-order valence-corrected chi connectivity index (χ3v) is 16.7.